The largest absolute Gasteiger partial charge is 0.407 e. The summed E-state index contributed by atoms with van der Waals surface area (Å²) in [7, 11) is -2.89. The van der Waals surface area contributed by atoms with Crippen molar-refractivity contribution in [3.63, 3.8) is 0 Å². The van der Waals surface area contributed by atoms with Crippen LogP contribution in [0.2, 0.25) is 5.54 Å². The molecule has 4 heteroatoms. The number of benzene rings is 2. The first-order chi connectivity index (χ1) is 13.1. The Morgan fingerprint density at radius 2 is 1.25 bits per heavy atom. The minimum Gasteiger partial charge on any atom is -0.407 e. The Balaban J connectivity index is 2.43. The van der Waals surface area contributed by atoms with Crippen molar-refractivity contribution >= 4 is 18.7 Å². The third-order valence-corrected chi connectivity index (χ3v) is 11.6. The van der Waals surface area contributed by atoms with Crippen molar-refractivity contribution < 1.29 is 14.6 Å². The van der Waals surface area contributed by atoms with Gasteiger partial charge in [0.25, 0.3) is 8.32 Å². The molecule has 1 fully saturated rings. The number of hydrogen-bond acceptors (Lipinski definition) is 3. The lowest BCUT2D eigenvalue weighted by Crippen LogP contribution is -2.72. The van der Waals surface area contributed by atoms with E-state index in [1.165, 1.54) is 43.8 Å². The topological polar surface area (TPSA) is 49.7 Å². The molecule has 3 nitrogen and oxygen atoms in total. The maximum absolute atomic E-state index is 11.2. The molecule has 0 bridgehead atoms. The molecule has 3 rings (SSSR count). The molecule has 2 aromatic carbocycles. The van der Waals surface area contributed by atoms with Crippen molar-refractivity contribution in [1.82, 2.24) is 0 Å². The molecule has 0 aliphatic carbocycles. The molecule has 0 radical (unpaired) electrons. The zero-order valence-corrected chi connectivity index (χ0v) is 19.3. The summed E-state index contributed by atoms with van der Waals surface area (Å²) in [6.45, 7) is 15.3. The van der Waals surface area contributed by atoms with Crippen LogP contribution in [0.4, 0.5) is 0 Å². The summed E-state index contributed by atoms with van der Waals surface area (Å²) in [5.74, 6) is 0.00916. The summed E-state index contributed by atoms with van der Waals surface area (Å²) in [6.07, 6.45) is -0.578. The van der Waals surface area contributed by atoms with Crippen LogP contribution in [0, 0.1) is 47.5 Å². The van der Waals surface area contributed by atoms with Gasteiger partial charge >= 0.3 is 0 Å². The maximum atomic E-state index is 11.2. The van der Waals surface area contributed by atoms with E-state index < -0.39 is 14.4 Å². The molecule has 2 N–H and O–H groups in total. The number of hydrogen-bond donors (Lipinski definition) is 2. The molecule has 1 aliphatic rings. The minimum absolute atomic E-state index is 0.00916. The van der Waals surface area contributed by atoms with E-state index >= 15 is 0 Å². The second-order valence-electron chi connectivity index (χ2n) is 8.85. The fraction of sp³-hybridized carbons (Fsp3) is 0.500. The average molecular weight is 399 g/mol. The van der Waals surface area contributed by atoms with Crippen LogP contribution in [0.15, 0.2) is 24.3 Å². The fourth-order valence-electron chi connectivity index (χ4n) is 5.51. The third kappa shape index (κ3) is 3.26. The first kappa shape index (κ1) is 21.3. The van der Waals surface area contributed by atoms with Gasteiger partial charge in [0.2, 0.25) is 0 Å². The van der Waals surface area contributed by atoms with E-state index in [0.717, 1.165) is 0 Å². The highest BCUT2D eigenvalue weighted by Gasteiger charge is 2.56. The van der Waals surface area contributed by atoms with Gasteiger partial charge in [-0.15, -0.1) is 0 Å². The quantitative estimate of drug-likeness (QED) is 0.782. The highest BCUT2D eigenvalue weighted by molar-refractivity contribution is 7.00. The molecule has 0 unspecified atom stereocenters. The van der Waals surface area contributed by atoms with Gasteiger partial charge in [-0.25, -0.2) is 0 Å². The lowest BCUT2D eigenvalue weighted by Gasteiger charge is -2.49. The van der Waals surface area contributed by atoms with Crippen LogP contribution in [0.3, 0.4) is 0 Å². The summed E-state index contributed by atoms with van der Waals surface area (Å²) >= 11 is 0. The van der Waals surface area contributed by atoms with Crippen LogP contribution >= 0.6 is 0 Å². The van der Waals surface area contributed by atoms with E-state index in [0.29, 0.717) is 6.61 Å². The smallest absolute Gasteiger partial charge is 0.264 e. The van der Waals surface area contributed by atoms with E-state index in [1.54, 1.807) is 0 Å². The monoisotopic (exact) mass is 398 g/mol. The van der Waals surface area contributed by atoms with Gasteiger partial charge in [0.05, 0.1) is 6.10 Å². The molecule has 1 saturated heterocycles. The van der Waals surface area contributed by atoms with Gasteiger partial charge in [-0.3, -0.25) is 0 Å². The first-order valence-electron chi connectivity index (χ1n) is 10.2. The molecule has 2 aromatic rings. The third-order valence-electron chi connectivity index (χ3n) is 6.38. The van der Waals surface area contributed by atoms with Gasteiger partial charge in [-0.1, -0.05) is 42.3 Å². The summed E-state index contributed by atoms with van der Waals surface area (Å²) in [5, 5.41) is 24.1. The Bertz CT molecular complexity index is 786. The van der Waals surface area contributed by atoms with Crippen molar-refractivity contribution in [3.05, 3.63) is 57.6 Å². The SMILES string of the molecule is Cc1cc(C)c([Si]2(c3c(C)cc(C)cc3C)OC[C@@H](C)[C@H](O)[C@H]2CO)c(C)c1. The molecule has 0 spiro atoms. The van der Waals surface area contributed by atoms with Gasteiger partial charge in [0.1, 0.15) is 0 Å². The zero-order chi connectivity index (χ0) is 20.8. The summed E-state index contributed by atoms with van der Waals surface area (Å²) in [4.78, 5) is 0. The highest BCUT2D eigenvalue weighted by atomic mass is 28.4. The van der Waals surface area contributed by atoms with Gasteiger partial charge in [0, 0.05) is 24.7 Å². The number of rotatable bonds is 3. The minimum atomic E-state index is -2.89. The van der Waals surface area contributed by atoms with E-state index in [-0.39, 0.29) is 18.1 Å². The normalized spacial score (nSPS) is 24.4. The summed E-state index contributed by atoms with van der Waals surface area (Å²) in [5.41, 5.74) is 6.95. The lowest BCUT2D eigenvalue weighted by molar-refractivity contribution is 0.0282. The van der Waals surface area contributed by atoms with Gasteiger partial charge < -0.3 is 14.6 Å². The molecule has 152 valence electrons. The summed E-state index contributed by atoms with van der Waals surface area (Å²) in [6, 6.07) is 8.83. The van der Waals surface area contributed by atoms with Crippen molar-refractivity contribution in [2.24, 2.45) is 5.92 Å². The molecular weight excluding hydrogens is 364 g/mol. The predicted molar refractivity (Wildman–Crippen MR) is 118 cm³/mol. The number of aliphatic hydroxyl groups is 2. The molecule has 0 amide bonds. The average Bonchev–Trinajstić information content (AvgIpc) is 2.57. The molecule has 1 heterocycles. The lowest BCUT2D eigenvalue weighted by atomic mass is 10.0. The highest BCUT2D eigenvalue weighted by Crippen LogP contribution is 2.38. The van der Waals surface area contributed by atoms with Crippen LogP contribution < -0.4 is 10.4 Å². The maximum Gasteiger partial charge on any atom is 0.264 e. The van der Waals surface area contributed by atoms with Crippen LogP contribution in [-0.4, -0.2) is 37.8 Å². The van der Waals surface area contributed by atoms with Crippen molar-refractivity contribution in [1.29, 1.82) is 0 Å². The molecule has 3 atom stereocenters. The standard InChI is InChI=1S/C24H34O3Si/c1-14-8-16(3)23(17(4)9-14)28(21(12-25)22(26)20(7)13-27-28)24-18(5)10-15(2)11-19(24)6/h8-11,20-22,25-26H,12-13H2,1-7H3/t20-,21-,22+/m1/s1. The van der Waals surface area contributed by atoms with Crippen LogP contribution in [0.25, 0.3) is 0 Å². The second-order valence-corrected chi connectivity index (χ2v) is 12.4. The van der Waals surface area contributed by atoms with Crippen LogP contribution in [0.1, 0.15) is 40.3 Å². The Kier molecular flexibility index (Phi) is 5.88. The Morgan fingerprint density at radius 1 is 0.857 bits per heavy atom. The van der Waals surface area contributed by atoms with Crippen molar-refractivity contribution in [2.45, 2.75) is 60.1 Å². The van der Waals surface area contributed by atoms with E-state index in [1.807, 2.05) is 6.92 Å². The second kappa shape index (κ2) is 7.75. The van der Waals surface area contributed by atoms with E-state index in [9.17, 15) is 10.2 Å². The number of aryl methyl sites for hydroxylation is 6. The zero-order valence-electron chi connectivity index (χ0n) is 18.3. The van der Waals surface area contributed by atoms with Crippen molar-refractivity contribution in [3.8, 4) is 0 Å². The Morgan fingerprint density at radius 3 is 1.61 bits per heavy atom. The molecule has 28 heavy (non-hydrogen) atoms. The van der Waals surface area contributed by atoms with Crippen LogP contribution in [-0.2, 0) is 4.43 Å². The Hall–Kier alpha value is -1.46. The Labute approximate surface area is 170 Å². The van der Waals surface area contributed by atoms with E-state index in [2.05, 4.69) is 65.8 Å². The first-order valence-corrected chi connectivity index (χ1v) is 12.2. The van der Waals surface area contributed by atoms with Gasteiger partial charge in [-0.2, -0.15) is 0 Å². The number of aliphatic hydroxyl groups excluding tert-OH is 2. The fourth-order valence-corrected chi connectivity index (χ4v) is 11.2. The molecule has 1 aliphatic heterocycles. The molecule has 0 aromatic heterocycles. The van der Waals surface area contributed by atoms with Gasteiger partial charge in [-0.05, 0) is 74.2 Å². The van der Waals surface area contributed by atoms with Gasteiger partial charge in [0.15, 0.2) is 0 Å². The molecular formula is C24H34O3Si. The van der Waals surface area contributed by atoms with E-state index in [4.69, 9.17) is 4.43 Å². The van der Waals surface area contributed by atoms with Crippen LogP contribution in [0.5, 0.6) is 0 Å². The molecule has 0 saturated carbocycles. The van der Waals surface area contributed by atoms with Crippen molar-refractivity contribution in [2.75, 3.05) is 13.2 Å². The predicted octanol–water partition coefficient (Wildman–Crippen LogP) is 2.99. The summed E-state index contributed by atoms with van der Waals surface area (Å²) < 4.78 is 6.85.